The number of hydrogen-bond donors (Lipinski definition) is 1. The van der Waals surface area contributed by atoms with Gasteiger partial charge in [-0.2, -0.15) is 0 Å². The molecule has 0 heterocycles. The van der Waals surface area contributed by atoms with Crippen LogP contribution in [0.5, 0.6) is 0 Å². The molecule has 2 unspecified atom stereocenters. The zero-order chi connectivity index (χ0) is 15.6. The minimum atomic E-state index is -1.29. The number of rotatable bonds is 2. The fourth-order valence-electron chi connectivity index (χ4n) is 2.41. The van der Waals surface area contributed by atoms with Gasteiger partial charge in [-0.05, 0) is 36.0 Å². The maximum atomic E-state index is 13.9. The van der Waals surface area contributed by atoms with Gasteiger partial charge in [-0.15, -0.1) is 0 Å². The van der Waals surface area contributed by atoms with Crippen molar-refractivity contribution in [3.05, 3.63) is 46.1 Å². The molecule has 2 rings (SSSR count). The molecule has 2 aliphatic carbocycles. The summed E-state index contributed by atoms with van der Waals surface area (Å²) in [6.45, 7) is 6.43. The number of amides is 1. The molecule has 0 aliphatic heterocycles. The molecule has 0 aromatic rings. The maximum Gasteiger partial charge on any atom is 0.234 e. The van der Waals surface area contributed by atoms with Crippen LogP contribution in [0.15, 0.2) is 46.1 Å². The first-order valence-corrected chi connectivity index (χ1v) is 7.98. The highest BCUT2D eigenvalue weighted by Crippen LogP contribution is 2.31. The van der Waals surface area contributed by atoms with Crippen molar-refractivity contribution < 1.29 is 9.18 Å². The van der Waals surface area contributed by atoms with Crippen molar-refractivity contribution in [1.29, 1.82) is 0 Å². The number of hydrogen-bond acceptors (Lipinski definition) is 1. The van der Waals surface area contributed by atoms with E-state index in [2.05, 4.69) is 48.1 Å². The molecule has 114 valence electrons. The minimum absolute atomic E-state index is 0.0529. The smallest absolute Gasteiger partial charge is 0.234 e. The molecule has 0 radical (unpaired) electrons. The lowest BCUT2D eigenvalue weighted by atomic mass is 9.83. The van der Waals surface area contributed by atoms with E-state index in [4.69, 9.17) is 0 Å². The van der Waals surface area contributed by atoms with Crippen molar-refractivity contribution >= 4 is 21.8 Å². The Hall–Kier alpha value is -1.16. The van der Waals surface area contributed by atoms with Gasteiger partial charge in [0.05, 0.1) is 5.92 Å². The van der Waals surface area contributed by atoms with Crippen molar-refractivity contribution in [2.45, 2.75) is 39.8 Å². The van der Waals surface area contributed by atoms with E-state index in [-0.39, 0.29) is 11.3 Å². The van der Waals surface area contributed by atoms with Crippen LogP contribution < -0.4 is 5.32 Å². The Morgan fingerprint density at radius 1 is 1.43 bits per heavy atom. The quantitative estimate of drug-likeness (QED) is 0.774. The Morgan fingerprint density at radius 3 is 2.76 bits per heavy atom. The Morgan fingerprint density at radius 2 is 2.14 bits per heavy atom. The lowest BCUT2D eigenvalue weighted by molar-refractivity contribution is -0.124. The highest BCUT2D eigenvalue weighted by molar-refractivity contribution is 9.11. The van der Waals surface area contributed by atoms with Gasteiger partial charge in [0.25, 0.3) is 0 Å². The second-order valence-electron chi connectivity index (χ2n) is 6.49. The van der Waals surface area contributed by atoms with Crippen LogP contribution in [0.25, 0.3) is 0 Å². The molecule has 0 aromatic heterocycles. The molecule has 2 atom stereocenters. The second kappa shape index (κ2) is 6.30. The van der Waals surface area contributed by atoms with Crippen LogP contribution in [0.2, 0.25) is 0 Å². The first kappa shape index (κ1) is 16.2. The van der Waals surface area contributed by atoms with Gasteiger partial charge in [0, 0.05) is 10.2 Å². The van der Waals surface area contributed by atoms with Crippen molar-refractivity contribution in [1.82, 2.24) is 5.32 Å². The molecule has 0 fully saturated rings. The highest BCUT2D eigenvalue weighted by atomic mass is 79.9. The maximum absolute atomic E-state index is 13.9. The SMILES string of the molecule is CC(C)(C)C1=CCCC(NC(=O)C2C=CC(Br)=CC2F)=C1. The normalized spacial score (nSPS) is 25.9. The average Bonchev–Trinajstić information content (AvgIpc) is 2.37. The zero-order valence-corrected chi connectivity index (χ0v) is 14.2. The number of alkyl halides is 1. The van der Waals surface area contributed by atoms with Crippen molar-refractivity contribution in [3.8, 4) is 0 Å². The molecule has 1 amide bonds. The molecule has 2 aliphatic rings. The van der Waals surface area contributed by atoms with Crippen LogP contribution in [-0.2, 0) is 4.79 Å². The van der Waals surface area contributed by atoms with E-state index >= 15 is 0 Å². The Balaban J connectivity index is 2.06. The van der Waals surface area contributed by atoms with Gasteiger partial charge in [-0.3, -0.25) is 4.79 Å². The Bertz CT molecular complexity index is 552. The predicted molar refractivity (Wildman–Crippen MR) is 87.5 cm³/mol. The van der Waals surface area contributed by atoms with Crippen LogP contribution in [0, 0.1) is 11.3 Å². The van der Waals surface area contributed by atoms with Crippen molar-refractivity contribution in [2.24, 2.45) is 11.3 Å². The third-order valence-corrected chi connectivity index (χ3v) is 4.21. The summed E-state index contributed by atoms with van der Waals surface area (Å²) in [6.07, 6.45) is 9.37. The lowest BCUT2D eigenvalue weighted by Gasteiger charge is -2.26. The Kier molecular flexibility index (Phi) is 4.87. The van der Waals surface area contributed by atoms with E-state index in [0.717, 1.165) is 18.5 Å². The van der Waals surface area contributed by atoms with E-state index in [1.807, 2.05) is 6.08 Å². The predicted octanol–water partition coefficient (Wildman–Crippen LogP) is 4.56. The van der Waals surface area contributed by atoms with E-state index in [9.17, 15) is 9.18 Å². The molecule has 2 nitrogen and oxygen atoms in total. The van der Waals surface area contributed by atoms with Gasteiger partial charge >= 0.3 is 0 Å². The van der Waals surface area contributed by atoms with Gasteiger partial charge in [0.1, 0.15) is 6.17 Å². The summed E-state index contributed by atoms with van der Waals surface area (Å²) in [6, 6.07) is 0. The average molecular weight is 354 g/mol. The minimum Gasteiger partial charge on any atom is -0.329 e. The third kappa shape index (κ3) is 4.16. The number of nitrogens with one attached hydrogen (secondary N) is 1. The second-order valence-corrected chi connectivity index (χ2v) is 7.40. The number of carbonyl (C=O) groups excluding carboxylic acids is 1. The van der Waals surface area contributed by atoms with Crippen molar-refractivity contribution in [3.63, 3.8) is 0 Å². The summed E-state index contributed by atoms with van der Waals surface area (Å²) >= 11 is 3.22. The highest BCUT2D eigenvalue weighted by Gasteiger charge is 2.28. The molecule has 0 saturated heterocycles. The van der Waals surface area contributed by atoms with E-state index in [1.54, 1.807) is 12.2 Å². The van der Waals surface area contributed by atoms with Gasteiger partial charge in [0.15, 0.2) is 0 Å². The fraction of sp³-hybridized carbons (Fsp3) is 0.471. The summed E-state index contributed by atoms with van der Waals surface area (Å²) in [5.41, 5.74) is 2.14. The summed E-state index contributed by atoms with van der Waals surface area (Å²) < 4.78 is 14.6. The Labute approximate surface area is 134 Å². The fourth-order valence-corrected chi connectivity index (χ4v) is 2.82. The zero-order valence-electron chi connectivity index (χ0n) is 12.6. The molecule has 0 spiro atoms. The number of halogens is 2. The topological polar surface area (TPSA) is 29.1 Å². The molecule has 1 N–H and O–H groups in total. The standard InChI is InChI=1S/C17H21BrFNO/c1-17(2,3)11-5-4-6-13(9-11)20-16(21)14-8-7-12(18)10-15(14)19/h5,7-10,14-15H,4,6H2,1-3H3,(H,20,21). The summed E-state index contributed by atoms with van der Waals surface area (Å²) in [4.78, 5) is 12.2. The molecular formula is C17H21BrFNO. The number of carbonyl (C=O) groups is 1. The summed E-state index contributed by atoms with van der Waals surface area (Å²) in [7, 11) is 0. The molecule has 0 aromatic carbocycles. The van der Waals surface area contributed by atoms with Gasteiger partial charge in [-0.25, -0.2) is 4.39 Å². The molecule has 21 heavy (non-hydrogen) atoms. The van der Waals surface area contributed by atoms with Crippen LogP contribution in [-0.4, -0.2) is 12.1 Å². The van der Waals surface area contributed by atoms with Gasteiger partial charge in [-0.1, -0.05) is 54.9 Å². The van der Waals surface area contributed by atoms with Crippen LogP contribution in [0.4, 0.5) is 4.39 Å². The van der Waals surface area contributed by atoms with Gasteiger partial charge in [0.2, 0.25) is 5.91 Å². The van der Waals surface area contributed by atoms with Gasteiger partial charge < -0.3 is 5.32 Å². The monoisotopic (exact) mass is 353 g/mol. The molecule has 4 heteroatoms. The summed E-state index contributed by atoms with van der Waals surface area (Å²) in [5, 5.41) is 2.88. The summed E-state index contributed by atoms with van der Waals surface area (Å²) in [5.74, 6) is -1.03. The van der Waals surface area contributed by atoms with Crippen LogP contribution in [0.3, 0.4) is 0 Å². The van der Waals surface area contributed by atoms with Crippen molar-refractivity contribution in [2.75, 3.05) is 0 Å². The van der Waals surface area contributed by atoms with E-state index in [0.29, 0.717) is 4.48 Å². The van der Waals surface area contributed by atoms with E-state index in [1.165, 1.54) is 11.6 Å². The first-order valence-electron chi connectivity index (χ1n) is 7.19. The molecule has 0 saturated carbocycles. The van der Waals surface area contributed by atoms with Crippen LogP contribution >= 0.6 is 15.9 Å². The third-order valence-electron chi connectivity index (χ3n) is 3.68. The first-order chi connectivity index (χ1) is 9.77. The molecule has 0 bridgehead atoms. The largest absolute Gasteiger partial charge is 0.329 e. The van der Waals surface area contributed by atoms with Crippen LogP contribution in [0.1, 0.15) is 33.6 Å². The van der Waals surface area contributed by atoms with E-state index < -0.39 is 12.1 Å². The molecular weight excluding hydrogens is 333 g/mol. The number of allylic oxidation sites excluding steroid dienone is 7. The lowest BCUT2D eigenvalue weighted by Crippen LogP contribution is -2.35.